The normalized spacial score (nSPS) is 11.1. The molecule has 0 fully saturated rings. The molecule has 0 aliphatic rings. The average molecular weight is 191 g/mol. The fourth-order valence-electron chi connectivity index (χ4n) is 1.33. The van der Waals surface area contributed by atoms with Crippen LogP contribution in [0, 0.1) is 5.41 Å². The van der Waals surface area contributed by atoms with E-state index in [1.165, 1.54) is 18.2 Å². The summed E-state index contributed by atoms with van der Waals surface area (Å²) in [5.74, 6) is 0. The van der Waals surface area contributed by atoms with Gasteiger partial charge in [-0.3, -0.25) is 0 Å². The molecule has 0 saturated carbocycles. The van der Waals surface area contributed by atoms with Gasteiger partial charge in [0.15, 0.2) is 0 Å². The average Bonchev–Trinajstić information content (AvgIpc) is 2.18. The van der Waals surface area contributed by atoms with Gasteiger partial charge in [-0.1, -0.05) is 37.6 Å². The molecular formula is C13H21N. The summed E-state index contributed by atoms with van der Waals surface area (Å²) < 4.78 is 0. The van der Waals surface area contributed by atoms with Gasteiger partial charge < -0.3 is 5.41 Å². The smallest absolute Gasteiger partial charge is 0.0204 e. The van der Waals surface area contributed by atoms with E-state index in [1.807, 2.05) is 6.08 Å². The third kappa shape index (κ3) is 6.41. The van der Waals surface area contributed by atoms with E-state index < -0.39 is 0 Å². The Kier molecular flexibility index (Phi) is 7.81. The molecule has 0 aliphatic heterocycles. The lowest BCUT2D eigenvalue weighted by Crippen LogP contribution is -1.84. The van der Waals surface area contributed by atoms with E-state index in [4.69, 9.17) is 5.41 Å². The third-order valence-corrected chi connectivity index (χ3v) is 2.08. The first-order chi connectivity index (χ1) is 6.74. The highest BCUT2D eigenvalue weighted by atomic mass is 14.3. The fraction of sp³-hybridized carbons (Fsp3) is 0.462. The van der Waals surface area contributed by atoms with Crippen LogP contribution in [0.1, 0.15) is 39.0 Å². The quantitative estimate of drug-likeness (QED) is 0.437. The summed E-state index contributed by atoms with van der Waals surface area (Å²) in [5, 5.41) is 7.00. The molecule has 0 saturated heterocycles. The standard InChI is InChI=1S/C13H21N/c1-4-7-13(8-5-2)10-6-9-12(3)11-14/h4,10-11,14H,1,3,5-9H2,2H3/b13-10+,14-11?. The zero-order valence-electron chi connectivity index (χ0n) is 9.18. The Labute approximate surface area is 87.7 Å². The molecule has 0 bridgehead atoms. The van der Waals surface area contributed by atoms with Gasteiger partial charge in [0, 0.05) is 6.21 Å². The van der Waals surface area contributed by atoms with E-state index in [1.54, 1.807) is 0 Å². The molecule has 0 aromatic rings. The van der Waals surface area contributed by atoms with E-state index in [9.17, 15) is 0 Å². The molecule has 0 aromatic carbocycles. The zero-order chi connectivity index (χ0) is 10.8. The van der Waals surface area contributed by atoms with Gasteiger partial charge in [0.2, 0.25) is 0 Å². The lowest BCUT2D eigenvalue weighted by atomic mass is 10.0. The van der Waals surface area contributed by atoms with Crippen molar-refractivity contribution in [2.45, 2.75) is 39.0 Å². The first-order valence-electron chi connectivity index (χ1n) is 5.21. The molecule has 1 heteroatoms. The number of hydrogen-bond donors (Lipinski definition) is 1. The van der Waals surface area contributed by atoms with Crippen molar-refractivity contribution in [1.29, 1.82) is 5.41 Å². The van der Waals surface area contributed by atoms with Gasteiger partial charge in [-0.15, -0.1) is 6.58 Å². The maximum absolute atomic E-state index is 7.00. The molecule has 0 heterocycles. The number of rotatable bonds is 8. The minimum Gasteiger partial charge on any atom is -0.308 e. The Balaban J connectivity index is 3.94. The second kappa shape index (κ2) is 8.49. The highest BCUT2D eigenvalue weighted by Crippen LogP contribution is 2.13. The van der Waals surface area contributed by atoms with Crippen molar-refractivity contribution in [2.75, 3.05) is 0 Å². The molecule has 78 valence electrons. The first-order valence-corrected chi connectivity index (χ1v) is 5.21. The third-order valence-electron chi connectivity index (χ3n) is 2.08. The Morgan fingerprint density at radius 1 is 1.36 bits per heavy atom. The molecule has 0 radical (unpaired) electrons. The summed E-state index contributed by atoms with van der Waals surface area (Å²) >= 11 is 0. The highest BCUT2D eigenvalue weighted by molar-refractivity contribution is 5.74. The van der Waals surface area contributed by atoms with Crippen molar-refractivity contribution < 1.29 is 0 Å². The Morgan fingerprint density at radius 2 is 2.07 bits per heavy atom. The van der Waals surface area contributed by atoms with Crippen LogP contribution in [0.15, 0.2) is 36.5 Å². The summed E-state index contributed by atoms with van der Waals surface area (Å²) in [6.07, 6.45) is 10.8. The van der Waals surface area contributed by atoms with Gasteiger partial charge in [0.05, 0.1) is 0 Å². The van der Waals surface area contributed by atoms with Crippen molar-refractivity contribution in [3.05, 3.63) is 36.5 Å². The second-order valence-electron chi connectivity index (χ2n) is 3.45. The molecule has 0 rings (SSSR count). The summed E-state index contributed by atoms with van der Waals surface area (Å²) in [4.78, 5) is 0. The number of nitrogens with one attached hydrogen (secondary N) is 1. The highest BCUT2D eigenvalue weighted by Gasteiger charge is 1.93. The number of allylic oxidation sites excluding steroid dienone is 4. The molecule has 0 spiro atoms. The second-order valence-corrected chi connectivity index (χ2v) is 3.45. The zero-order valence-corrected chi connectivity index (χ0v) is 9.18. The number of hydrogen-bond acceptors (Lipinski definition) is 1. The molecule has 0 aliphatic carbocycles. The molecule has 0 atom stereocenters. The maximum atomic E-state index is 7.00. The van der Waals surface area contributed by atoms with Crippen molar-refractivity contribution >= 4 is 6.21 Å². The Morgan fingerprint density at radius 3 is 2.57 bits per heavy atom. The van der Waals surface area contributed by atoms with Crippen molar-refractivity contribution in [3.63, 3.8) is 0 Å². The van der Waals surface area contributed by atoms with E-state index in [0.717, 1.165) is 31.3 Å². The molecule has 1 N–H and O–H groups in total. The largest absolute Gasteiger partial charge is 0.308 e. The van der Waals surface area contributed by atoms with Gasteiger partial charge in [-0.2, -0.15) is 0 Å². The van der Waals surface area contributed by atoms with E-state index in [-0.39, 0.29) is 0 Å². The van der Waals surface area contributed by atoms with Crippen molar-refractivity contribution in [1.82, 2.24) is 0 Å². The minimum atomic E-state index is 0.897. The van der Waals surface area contributed by atoms with Crippen LogP contribution in [0.3, 0.4) is 0 Å². The predicted molar refractivity (Wildman–Crippen MR) is 65.0 cm³/mol. The van der Waals surface area contributed by atoms with Crippen LogP contribution in [-0.2, 0) is 0 Å². The first kappa shape index (κ1) is 12.9. The maximum Gasteiger partial charge on any atom is 0.0204 e. The van der Waals surface area contributed by atoms with Gasteiger partial charge in [0.1, 0.15) is 0 Å². The predicted octanol–water partition coefficient (Wildman–Crippen LogP) is 4.27. The molecular weight excluding hydrogens is 170 g/mol. The fourth-order valence-corrected chi connectivity index (χ4v) is 1.33. The molecule has 0 unspecified atom stereocenters. The van der Waals surface area contributed by atoms with E-state index >= 15 is 0 Å². The van der Waals surface area contributed by atoms with Crippen LogP contribution in [-0.4, -0.2) is 6.21 Å². The Hall–Kier alpha value is -1.11. The summed E-state index contributed by atoms with van der Waals surface area (Å²) in [6, 6.07) is 0. The topological polar surface area (TPSA) is 23.9 Å². The summed E-state index contributed by atoms with van der Waals surface area (Å²) in [7, 11) is 0. The lowest BCUT2D eigenvalue weighted by Gasteiger charge is -2.02. The molecule has 14 heavy (non-hydrogen) atoms. The van der Waals surface area contributed by atoms with Gasteiger partial charge in [-0.05, 0) is 31.3 Å². The minimum absolute atomic E-state index is 0.897. The van der Waals surface area contributed by atoms with Gasteiger partial charge in [0.25, 0.3) is 0 Å². The monoisotopic (exact) mass is 191 g/mol. The van der Waals surface area contributed by atoms with E-state index in [0.29, 0.717) is 0 Å². The van der Waals surface area contributed by atoms with Gasteiger partial charge >= 0.3 is 0 Å². The molecule has 0 aromatic heterocycles. The van der Waals surface area contributed by atoms with Crippen molar-refractivity contribution in [3.8, 4) is 0 Å². The SMILES string of the molecule is C=CC/C(=C\CCC(=C)C=N)CCC. The van der Waals surface area contributed by atoms with Crippen LogP contribution in [0.25, 0.3) is 0 Å². The van der Waals surface area contributed by atoms with E-state index in [2.05, 4.69) is 26.2 Å². The lowest BCUT2D eigenvalue weighted by molar-refractivity contribution is 0.862. The molecule has 0 amide bonds. The van der Waals surface area contributed by atoms with Crippen LogP contribution < -0.4 is 0 Å². The molecule has 1 nitrogen and oxygen atoms in total. The van der Waals surface area contributed by atoms with Crippen LogP contribution in [0.4, 0.5) is 0 Å². The van der Waals surface area contributed by atoms with Gasteiger partial charge in [-0.25, -0.2) is 0 Å². The van der Waals surface area contributed by atoms with Crippen LogP contribution in [0.2, 0.25) is 0 Å². The Bertz CT molecular complexity index is 223. The van der Waals surface area contributed by atoms with Crippen molar-refractivity contribution in [2.24, 2.45) is 0 Å². The van der Waals surface area contributed by atoms with Crippen LogP contribution >= 0.6 is 0 Å². The summed E-state index contributed by atoms with van der Waals surface area (Å²) in [5.41, 5.74) is 2.36. The van der Waals surface area contributed by atoms with Crippen LogP contribution in [0.5, 0.6) is 0 Å². The summed E-state index contributed by atoms with van der Waals surface area (Å²) in [6.45, 7) is 9.70.